The Bertz CT molecular complexity index is 805. The van der Waals surface area contributed by atoms with Crippen molar-refractivity contribution in [2.75, 3.05) is 17.2 Å². The minimum atomic E-state index is -0.184. The molecule has 0 amide bonds. The maximum absolute atomic E-state index is 13.6. The van der Waals surface area contributed by atoms with Crippen LogP contribution in [0.1, 0.15) is 11.3 Å². The quantitative estimate of drug-likeness (QED) is 0.709. The molecule has 0 fully saturated rings. The monoisotopic (exact) mass is 322 g/mol. The SMILES string of the molecule is Cc1cc(Nc2ccccc2)nc(NCCc2ccccc2F)n1. The van der Waals surface area contributed by atoms with Crippen molar-refractivity contribution in [2.45, 2.75) is 13.3 Å². The molecule has 1 heterocycles. The predicted molar refractivity (Wildman–Crippen MR) is 95.1 cm³/mol. The average molecular weight is 322 g/mol. The minimum Gasteiger partial charge on any atom is -0.354 e. The number of aromatic nitrogens is 2. The topological polar surface area (TPSA) is 49.8 Å². The average Bonchev–Trinajstić information content (AvgIpc) is 2.57. The molecule has 0 aliphatic carbocycles. The van der Waals surface area contributed by atoms with Crippen molar-refractivity contribution in [3.63, 3.8) is 0 Å². The summed E-state index contributed by atoms with van der Waals surface area (Å²) in [5, 5.41) is 6.41. The van der Waals surface area contributed by atoms with E-state index in [2.05, 4.69) is 20.6 Å². The standard InChI is InChI=1S/C19H19FN4/c1-14-13-18(23-16-8-3-2-4-9-16)24-19(22-14)21-12-11-15-7-5-6-10-17(15)20/h2-10,13H,11-12H2,1H3,(H2,21,22,23,24). The summed E-state index contributed by atoms with van der Waals surface area (Å²) in [6, 6.07) is 18.5. The molecule has 4 nitrogen and oxygen atoms in total. The van der Waals surface area contributed by atoms with E-state index < -0.39 is 0 Å². The fourth-order valence-corrected chi connectivity index (χ4v) is 2.39. The highest BCUT2D eigenvalue weighted by molar-refractivity contribution is 5.57. The highest BCUT2D eigenvalue weighted by Gasteiger charge is 2.04. The number of anilines is 3. The molecule has 0 saturated carbocycles. The van der Waals surface area contributed by atoms with E-state index in [9.17, 15) is 4.39 Å². The van der Waals surface area contributed by atoms with Crippen molar-refractivity contribution >= 4 is 17.5 Å². The van der Waals surface area contributed by atoms with Gasteiger partial charge in [0.15, 0.2) is 0 Å². The summed E-state index contributed by atoms with van der Waals surface area (Å²) in [7, 11) is 0. The van der Waals surface area contributed by atoms with Crippen molar-refractivity contribution in [3.05, 3.63) is 77.7 Å². The largest absolute Gasteiger partial charge is 0.354 e. The zero-order valence-electron chi connectivity index (χ0n) is 13.5. The molecule has 0 spiro atoms. The molecule has 2 N–H and O–H groups in total. The zero-order chi connectivity index (χ0) is 16.8. The van der Waals surface area contributed by atoms with Gasteiger partial charge in [-0.3, -0.25) is 0 Å². The van der Waals surface area contributed by atoms with Gasteiger partial charge in [0.05, 0.1) is 0 Å². The van der Waals surface area contributed by atoms with Crippen molar-refractivity contribution in [2.24, 2.45) is 0 Å². The smallest absolute Gasteiger partial charge is 0.224 e. The molecule has 1 aromatic heterocycles. The van der Waals surface area contributed by atoms with Gasteiger partial charge in [0.25, 0.3) is 0 Å². The lowest BCUT2D eigenvalue weighted by atomic mass is 10.1. The Kier molecular flexibility index (Phi) is 5.01. The molecule has 0 saturated heterocycles. The molecule has 5 heteroatoms. The first-order valence-corrected chi connectivity index (χ1v) is 7.86. The van der Waals surface area contributed by atoms with Crippen LogP contribution >= 0.6 is 0 Å². The van der Waals surface area contributed by atoms with Gasteiger partial charge in [-0.15, -0.1) is 0 Å². The molecule has 3 aromatic rings. The van der Waals surface area contributed by atoms with Gasteiger partial charge in [-0.2, -0.15) is 4.98 Å². The van der Waals surface area contributed by atoms with Crippen molar-refractivity contribution in [3.8, 4) is 0 Å². The molecule has 0 atom stereocenters. The van der Waals surface area contributed by atoms with Crippen LogP contribution in [0.25, 0.3) is 0 Å². The van der Waals surface area contributed by atoms with E-state index in [4.69, 9.17) is 0 Å². The number of aryl methyl sites for hydroxylation is 1. The lowest BCUT2D eigenvalue weighted by molar-refractivity contribution is 0.610. The minimum absolute atomic E-state index is 0.184. The molecular formula is C19H19FN4. The van der Waals surface area contributed by atoms with Crippen molar-refractivity contribution < 1.29 is 4.39 Å². The second kappa shape index (κ2) is 7.55. The Hall–Kier alpha value is -2.95. The van der Waals surface area contributed by atoms with Crippen LogP contribution in [0.2, 0.25) is 0 Å². The molecule has 0 radical (unpaired) electrons. The number of para-hydroxylation sites is 1. The number of rotatable bonds is 6. The molecule has 24 heavy (non-hydrogen) atoms. The van der Waals surface area contributed by atoms with Gasteiger partial charge in [-0.1, -0.05) is 36.4 Å². The lowest BCUT2D eigenvalue weighted by Gasteiger charge is -2.10. The fraction of sp³-hybridized carbons (Fsp3) is 0.158. The van der Waals surface area contributed by atoms with E-state index in [1.54, 1.807) is 12.1 Å². The molecule has 0 aliphatic heterocycles. The van der Waals surface area contributed by atoms with Crippen molar-refractivity contribution in [1.82, 2.24) is 9.97 Å². The lowest BCUT2D eigenvalue weighted by Crippen LogP contribution is -2.10. The van der Waals surface area contributed by atoms with E-state index in [0.29, 0.717) is 24.5 Å². The van der Waals surface area contributed by atoms with Gasteiger partial charge in [0.2, 0.25) is 5.95 Å². The molecule has 0 bridgehead atoms. The third kappa shape index (κ3) is 4.29. The summed E-state index contributed by atoms with van der Waals surface area (Å²) in [5.41, 5.74) is 2.50. The zero-order valence-corrected chi connectivity index (χ0v) is 13.5. The van der Waals surface area contributed by atoms with E-state index in [1.807, 2.05) is 49.4 Å². The van der Waals surface area contributed by atoms with E-state index in [1.165, 1.54) is 6.07 Å². The van der Waals surface area contributed by atoms with Crippen LogP contribution in [0.5, 0.6) is 0 Å². The van der Waals surface area contributed by atoms with E-state index in [0.717, 1.165) is 17.2 Å². The van der Waals surface area contributed by atoms with Gasteiger partial charge in [0.1, 0.15) is 11.6 Å². The van der Waals surface area contributed by atoms with Crippen LogP contribution in [-0.2, 0) is 6.42 Å². The maximum atomic E-state index is 13.6. The molecule has 0 aliphatic rings. The van der Waals surface area contributed by atoms with Crippen LogP contribution in [0.15, 0.2) is 60.7 Å². The normalized spacial score (nSPS) is 10.4. The van der Waals surface area contributed by atoms with Crippen LogP contribution in [0.4, 0.5) is 21.8 Å². The molecule has 2 aromatic carbocycles. The number of halogens is 1. The second-order valence-corrected chi connectivity index (χ2v) is 5.48. The molecular weight excluding hydrogens is 303 g/mol. The maximum Gasteiger partial charge on any atom is 0.224 e. The Labute approximate surface area is 140 Å². The number of nitrogens with one attached hydrogen (secondary N) is 2. The van der Waals surface area contributed by atoms with Crippen LogP contribution in [-0.4, -0.2) is 16.5 Å². The number of hydrogen-bond acceptors (Lipinski definition) is 4. The van der Waals surface area contributed by atoms with Crippen LogP contribution in [0.3, 0.4) is 0 Å². The first kappa shape index (κ1) is 15.9. The molecule has 122 valence electrons. The Morgan fingerprint density at radius 3 is 2.50 bits per heavy atom. The van der Waals surface area contributed by atoms with Gasteiger partial charge in [-0.25, -0.2) is 9.37 Å². The van der Waals surface area contributed by atoms with Gasteiger partial charge in [0, 0.05) is 24.0 Å². The van der Waals surface area contributed by atoms with Gasteiger partial charge >= 0.3 is 0 Å². The third-order valence-electron chi connectivity index (χ3n) is 3.54. The summed E-state index contributed by atoms with van der Waals surface area (Å²) < 4.78 is 13.6. The third-order valence-corrected chi connectivity index (χ3v) is 3.54. The highest BCUT2D eigenvalue weighted by Crippen LogP contribution is 2.16. The Morgan fingerprint density at radius 1 is 0.958 bits per heavy atom. The molecule has 3 rings (SSSR count). The van der Waals surface area contributed by atoms with E-state index in [-0.39, 0.29) is 5.82 Å². The number of nitrogens with zero attached hydrogens (tertiary/aromatic N) is 2. The molecule has 0 unspecified atom stereocenters. The second-order valence-electron chi connectivity index (χ2n) is 5.48. The summed E-state index contributed by atoms with van der Waals surface area (Å²) in [5.74, 6) is 1.07. The van der Waals surface area contributed by atoms with Gasteiger partial charge in [-0.05, 0) is 37.1 Å². The van der Waals surface area contributed by atoms with Gasteiger partial charge < -0.3 is 10.6 Å². The van der Waals surface area contributed by atoms with Crippen molar-refractivity contribution in [1.29, 1.82) is 0 Å². The van der Waals surface area contributed by atoms with E-state index >= 15 is 0 Å². The first-order chi connectivity index (χ1) is 11.7. The Balaban J connectivity index is 1.64. The van der Waals surface area contributed by atoms with Crippen LogP contribution < -0.4 is 10.6 Å². The first-order valence-electron chi connectivity index (χ1n) is 7.86. The summed E-state index contributed by atoms with van der Waals surface area (Å²) >= 11 is 0. The highest BCUT2D eigenvalue weighted by atomic mass is 19.1. The number of benzene rings is 2. The Morgan fingerprint density at radius 2 is 1.71 bits per heavy atom. The number of hydrogen-bond donors (Lipinski definition) is 2. The summed E-state index contributed by atoms with van der Waals surface area (Å²) in [4.78, 5) is 8.83. The fourth-order valence-electron chi connectivity index (χ4n) is 2.39. The summed E-state index contributed by atoms with van der Waals surface area (Å²) in [6.45, 7) is 2.48. The predicted octanol–water partition coefficient (Wildman–Crippen LogP) is 4.32. The van der Waals surface area contributed by atoms with Crippen LogP contribution in [0, 0.1) is 12.7 Å². The summed E-state index contributed by atoms with van der Waals surface area (Å²) in [6.07, 6.45) is 0.575.